The zero-order chi connectivity index (χ0) is 30.6. The fourth-order valence-electron chi connectivity index (χ4n) is 5.29. The number of carbonyl (C=O) groups is 3. The lowest BCUT2D eigenvalue weighted by atomic mass is 9.95. The van der Waals surface area contributed by atoms with Crippen molar-refractivity contribution in [1.82, 2.24) is 21.3 Å². The number of carbonyl (C=O) groups excluding carboxylic acids is 3. The van der Waals surface area contributed by atoms with Gasteiger partial charge in [-0.2, -0.15) is 0 Å². The minimum absolute atomic E-state index is 0.0143. The topological polar surface area (TPSA) is 118 Å². The number of likely N-dealkylation sites (N-methyl/N-ethyl adjacent to an activating group) is 1. The molecule has 1 aliphatic heterocycles. The lowest BCUT2D eigenvalue weighted by Gasteiger charge is -2.25. The molecule has 0 saturated carbocycles. The summed E-state index contributed by atoms with van der Waals surface area (Å²) in [6, 6.07) is 22.1. The predicted molar refractivity (Wildman–Crippen MR) is 167 cm³/mol. The number of esters is 1. The molecule has 0 spiro atoms. The Kier molecular flexibility index (Phi) is 11.7. The Balaban J connectivity index is 1.73. The number of fused-ring (bicyclic) bond motifs is 5. The van der Waals surface area contributed by atoms with Gasteiger partial charge in [-0.15, -0.1) is 0 Å². The summed E-state index contributed by atoms with van der Waals surface area (Å²) in [6.45, 7) is 1.09. The minimum Gasteiger partial charge on any atom is -0.489 e. The monoisotopic (exact) mass is 586 g/mol. The molecule has 2 amide bonds. The van der Waals surface area contributed by atoms with Crippen LogP contribution in [-0.2, 0) is 38.6 Å². The van der Waals surface area contributed by atoms with Gasteiger partial charge in [-0.1, -0.05) is 60.7 Å². The Morgan fingerprint density at radius 2 is 1.70 bits per heavy atom. The zero-order valence-electron chi connectivity index (χ0n) is 25.2. The highest BCUT2D eigenvalue weighted by molar-refractivity contribution is 5.90. The van der Waals surface area contributed by atoms with Gasteiger partial charge in [-0.05, 0) is 79.9 Å². The first-order valence-corrected chi connectivity index (χ1v) is 14.8. The molecule has 0 fully saturated rings. The molecule has 0 aliphatic carbocycles. The molecule has 9 nitrogen and oxygen atoms in total. The standard InChI is InChI=1S/C34H42N4O5/c1-35-16-8-13-29-33(40)37-28(21-32(39)42-3)18-24-11-7-12-25(17-24)26-14-15-31(43-22-23-9-5-4-6-10-23)27(19-26)20-30(36-2)34(41)38-29/h4-7,9-12,14-15,17,19,28-30,35-36H,8,13,16,18,20-22H2,1-3H3,(H,37,40)(H,38,41)/t28-,29-,30-/m0/s1. The van der Waals surface area contributed by atoms with Crippen LogP contribution in [0.25, 0.3) is 11.1 Å². The van der Waals surface area contributed by atoms with Gasteiger partial charge in [0, 0.05) is 12.5 Å². The fraction of sp³-hybridized carbons (Fsp3) is 0.382. The number of nitrogens with one attached hydrogen (secondary N) is 4. The highest BCUT2D eigenvalue weighted by Gasteiger charge is 2.28. The van der Waals surface area contributed by atoms with Crippen LogP contribution in [0.3, 0.4) is 0 Å². The molecule has 1 heterocycles. The molecule has 0 unspecified atom stereocenters. The molecule has 0 aromatic heterocycles. The van der Waals surface area contributed by atoms with E-state index in [1.807, 2.05) is 67.7 Å². The Labute approximate surface area is 253 Å². The number of amides is 2. The first-order valence-electron chi connectivity index (χ1n) is 14.8. The maximum absolute atomic E-state index is 13.6. The maximum Gasteiger partial charge on any atom is 0.307 e. The summed E-state index contributed by atoms with van der Waals surface area (Å²) in [5, 5.41) is 12.2. The quantitative estimate of drug-likeness (QED) is 0.213. The largest absolute Gasteiger partial charge is 0.489 e. The summed E-state index contributed by atoms with van der Waals surface area (Å²) in [4.78, 5) is 39.5. The van der Waals surface area contributed by atoms with Gasteiger partial charge in [-0.25, -0.2) is 0 Å². The van der Waals surface area contributed by atoms with Crippen LogP contribution in [0, 0.1) is 0 Å². The van der Waals surface area contributed by atoms with Gasteiger partial charge in [0.25, 0.3) is 0 Å². The van der Waals surface area contributed by atoms with Gasteiger partial charge in [0.15, 0.2) is 0 Å². The second kappa shape index (κ2) is 15.9. The molecule has 4 N–H and O–H groups in total. The SMILES string of the molecule is CNCCC[C@@H]1NC(=O)[C@@H](NC)Cc2cc(ccc2OCc2ccccc2)-c2cccc(c2)C[C@@H](CC(=O)OC)NC1=O. The normalized spacial score (nSPS) is 18.9. The van der Waals surface area contributed by atoms with Gasteiger partial charge in [0.1, 0.15) is 18.4 Å². The van der Waals surface area contributed by atoms with Gasteiger partial charge in [0.2, 0.25) is 11.8 Å². The highest BCUT2D eigenvalue weighted by atomic mass is 16.5. The molecule has 4 bridgehead atoms. The van der Waals surface area contributed by atoms with E-state index in [9.17, 15) is 14.4 Å². The van der Waals surface area contributed by atoms with Gasteiger partial charge >= 0.3 is 5.97 Å². The first kappa shape index (κ1) is 31.7. The lowest BCUT2D eigenvalue weighted by Crippen LogP contribution is -2.54. The molecule has 3 atom stereocenters. The number of hydrogen-bond acceptors (Lipinski definition) is 7. The predicted octanol–water partition coefficient (Wildman–Crippen LogP) is 3.15. The fourth-order valence-corrected chi connectivity index (χ4v) is 5.29. The molecule has 9 heteroatoms. The van der Waals surface area contributed by atoms with E-state index < -0.39 is 24.1 Å². The van der Waals surface area contributed by atoms with Crippen LogP contribution >= 0.6 is 0 Å². The average molecular weight is 587 g/mol. The zero-order valence-corrected chi connectivity index (χ0v) is 25.2. The van der Waals surface area contributed by atoms with Crippen molar-refractivity contribution in [3.8, 4) is 16.9 Å². The molecule has 43 heavy (non-hydrogen) atoms. The lowest BCUT2D eigenvalue weighted by molar-refractivity contribution is -0.141. The van der Waals surface area contributed by atoms with E-state index in [0.717, 1.165) is 27.8 Å². The summed E-state index contributed by atoms with van der Waals surface area (Å²) in [5.41, 5.74) is 4.86. The molecule has 0 saturated heterocycles. The molecule has 228 valence electrons. The summed E-state index contributed by atoms with van der Waals surface area (Å²) < 4.78 is 11.2. The third-order valence-electron chi connectivity index (χ3n) is 7.67. The Bertz CT molecular complexity index is 1380. The Morgan fingerprint density at radius 1 is 0.907 bits per heavy atom. The Morgan fingerprint density at radius 3 is 2.44 bits per heavy atom. The third-order valence-corrected chi connectivity index (χ3v) is 7.67. The van der Waals surface area contributed by atoms with E-state index in [1.165, 1.54) is 7.11 Å². The maximum atomic E-state index is 13.6. The van der Waals surface area contributed by atoms with Crippen molar-refractivity contribution in [2.75, 3.05) is 27.7 Å². The summed E-state index contributed by atoms with van der Waals surface area (Å²) in [5.74, 6) is -0.332. The van der Waals surface area contributed by atoms with Crippen LogP contribution in [0.15, 0.2) is 72.8 Å². The molecule has 3 aromatic rings. The number of ether oxygens (including phenoxy) is 2. The third kappa shape index (κ3) is 9.14. The van der Waals surface area contributed by atoms with E-state index in [4.69, 9.17) is 9.47 Å². The molecule has 1 aliphatic rings. The Hall–Kier alpha value is -4.21. The van der Waals surface area contributed by atoms with Crippen LogP contribution in [0.1, 0.15) is 36.0 Å². The van der Waals surface area contributed by atoms with E-state index in [1.54, 1.807) is 7.05 Å². The van der Waals surface area contributed by atoms with Gasteiger partial charge in [0.05, 0.1) is 19.6 Å². The van der Waals surface area contributed by atoms with Gasteiger partial charge < -0.3 is 30.7 Å². The van der Waals surface area contributed by atoms with Crippen molar-refractivity contribution in [1.29, 1.82) is 0 Å². The van der Waals surface area contributed by atoms with E-state index in [-0.39, 0.29) is 18.2 Å². The number of hydrogen-bond donors (Lipinski definition) is 4. The first-order chi connectivity index (χ1) is 20.9. The van der Waals surface area contributed by atoms with Crippen molar-refractivity contribution >= 4 is 17.8 Å². The van der Waals surface area contributed by atoms with E-state index >= 15 is 0 Å². The second-order valence-corrected chi connectivity index (χ2v) is 10.8. The van der Waals surface area contributed by atoms with Crippen LogP contribution in [0.4, 0.5) is 0 Å². The molecule has 4 rings (SSSR count). The van der Waals surface area contributed by atoms with Crippen LogP contribution in [0.2, 0.25) is 0 Å². The minimum atomic E-state index is -0.770. The summed E-state index contributed by atoms with van der Waals surface area (Å²) >= 11 is 0. The second-order valence-electron chi connectivity index (χ2n) is 10.8. The molecule has 3 aromatic carbocycles. The number of rotatable bonds is 10. The summed E-state index contributed by atoms with van der Waals surface area (Å²) in [6.07, 6.45) is 1.92. The van der Waals surface area contributed by atoms with Crippen molar-refractivity contribution in [3.05, 3.63) is 89.5 Å². The summed E-state index contributed by atoms with van der Waals surface area (Å²) in [7, 11) is 4.91. The molecular formula is C34H42N4O5. The smallest absolute Gasteiger partial charge is 0.307 e. The van der Waals surface area contributed by atoms with E-state index in [0.29, 0.717) is 44.6 Å². The molecular weight excluding hydrogens is 544 g/mol. The van der Waals surface area contributed by atoms with Crippen molar-refractivity contribution in [2.24, 2.45) is 0 Å². The van der Waals surface area contributed by atoms with Crippen molar-refractivity contribution < 1.29 is 23.9 Å². The van der Waals surface area contributed by atoms with Crippen molar-refractivity contribution in [3.63, 3.8) is 0 Å². The molecule has 0 radical (unpaired) electrons. The average Bonchev–Trinajstić information content (AvgIpc) is 3.02. The van der Waals surface area contributed by atoms with Gasteiger partial charge in [-0.3, -0.25) is 14.4 Å². The van der Waals surface area contributed by atoms with Crippen molar-refractivity contribution in [2.45, 2.75) is 56.8 Å². The van der Waals surface area contributed by atoms with Crippen LogP contribution in [0.5, 0.6) is 5.75 Å². The van der Waals surface area contributed by atoms with Crippen LogP contribution in [-0.4, -0.2) is 63.7 Å². The number of methoxy groups -OCH3 is 1. The number of benzene rings is 3. The van der Waals surface area contributed by atoms with Crippen LogP contribution < -0.4 is 26.0 Å². The highest BCUT2D eigenvalue weighted by Crippen LogP contribution is 2.30. The van der Waals surface area contributed by atoms with E-state index in [2.05, 4.69) is 33.4 Å².